The minimum absolute atomic E-state index is 0.0789. The van der Waals surface area contributed by atoms with E-state index in [-0.39, 0.29) is 18.8 Å². The van der Waals surface area contributed by atoms with Crippen molar-refractivity contribution in [2.45, 2.75) is 19.1 Å². The number of benzene rings is 3. The van der Waals surface area contributed by atoms with Crippen molar-refractivity contribution in [2.24, 2.45) is 0 Å². The van der Waals surface area contributed by atoms with Crippen molar-refractivity contribution in [2.75, 3.05) is 0 Å². The van der Waals surface area contributed by atoms with E-state index in [2.05, 4.69) is 5.32 Å². The summed E-state index contributed by atoms with van der Waals surface area (Å²) in [5.74, 6) is -0.247. The topological polar surface area (TPSA) is 72.5 Å². The van der Waals surface area contributed by atoms with Gasteiger partial charge in [-0.05, 0) is 16.3 Å². The van der Waals surface area contributed by atoms with Crippen molar-refractivity contribution in [1.29, 1.82) is 0 Å². The normalized spacial score (nSPS) is 11.6. The number of amides is 1. The van der Waals surface area contributed by atoms with Gasteiger partial charge >= 0.3 is 6.09 Å². The molecule has 0 aliphatic carbocycles. The maximum atomic E-state index is 12.6. The highest BCUT2D eigenvalue weighted by Crippen LogP contribution is 2.20. The Morgan fingerprint density at radius 2 is 1.63 bits per heavy atom. The molecule has 0 spiro atoms. The van der Waals surface area contributed by atoms with Crippen LogP contribution in [0.3, 0.4) is 0 Å². The molecule has 1 atom stereocenters. The number of ketones is 1. The Balaban J connectivity index is 1.61. The SMILES string of the molecule is O=[C]C(CC(=O)c1cccc2ccccc12)NC(=O)OCc1ccccc1. The molecular formula is C22H18NO4. The van der Waals surface area contributed by atoms with E-state index in [1.54, 1.807) is 18.4 Å². The van der Waals surface area contributed by atoms with E-state index in [4.69, 9.17) is 4.74 Å². The van der Waals surface area contributed by atoms with Crippen molar-refractivity contribution in [3.05, 3.63) is 83.9 Å². The number of nitrogens with one attached hydrogen (secondary N) is 1. The number of hydrogen-bond donors (Lipinski definition) is 1. The predicted molar refractivity (Wildman–Crippen MR) is 102 cm³/mol. The molecule has 1 radical (unpaired) electrons. The first-order valence-corrected chi connectivity index (χ1v) is 8.53. The van der Waals surface area contributed by atoms with Gasteiger partial charge < -0.3 is 10.1 Å². The Labute approximate surface area is 157 Å². The molecule has 1 amide bonds. The molecule has 0 saturated heterocycles. The van der Waals surface area contributed by atoms with Crippen molar-refractivity contribution >= 4 is 28.9 Å². The Hall–Kier alpha value is -3.47. The standard InChI is InChI=1S/C22H18NO4/c24-14-18(23-22(26)27-15-16-7-2-1-3-8-16)13-21(25)20-12-6-10-17-9-4-5-11-19(17)20/h1-12,18H,13,15H2,(H,23,26). The number of rotatable bonds is 7. The first kappa shape index (κ1) is 18.3. The van der Waals surface area contributed by atoms with Crippen LogP contribution in [-0.4, -0.2) is 24.2 Å². The third-order valence-electron chi connectivity index (χ3n) is 4.13. The number of fused-ring (bicyclic) bond motifs is 1. The summed E-state index contributed by atoms with van der Waals surface area (Å²) in [5, 5.41) is 4.12. The zero-order valence-corrected chi connectivity index (χ0v) is 14.6. The van der Waals surface area contributed by atoms with Crippen molar-refractivity contribution in [3.63, 3.8) is 0 Å². The molecule has 5 nitrogen and oxygen atoms in total. The van der Waals surface area contributed by atoms with E-state index >= 15 is 0 Å². The van der Waals surface area contributed by atoms with Crippen LogP contribution in [0.15, 0.2) is 72.8 Å². The minimum atomic E-state index is -1.07. The monoisotopic (exact) mass is 360 g/mol. The van der Waals surface area contributed by atoms with Crippen LogP contribution in [0.1, 0.15) is 22.3 Å². The van der Waals surface area contributed by atoms with Crippen LogP contribution >= 0.6 is 0 Å². The number of carbonyl (C=O) groups is 2. The number of carbonyl (C=O) groups excluding carboxylic acids is 3. The lowest BCUT2D eigenvalue weighted by Crippen LogP contribution is -2.38. The van der Waals surface area contributed by atoms with Gasteiger partial charge in [0.25, 0.3) is 0 Å². The summed E-state index contributed by atoms with van der Waals surface area (Å²) in [6.45, 7) is 0.0789. The molecule has 0 heterocycles. The van der Waals surface area contributed by atoms with Gasteiger partial charge in [-0.2, -0.15) is 0 Å². The van der Waals surface area contributed by atoms with Crippen molar-refractivity contribution < 1.29 is 19.1 Å². The van der Waals surface area contributed by atoms with Crippen LogP contribution < -0.4 is 5.32 Å². The minimum Gasteiger partial charge on any atom is -0.445 e. The fourth-order valence-electron chi connectivity index (χ4n) is 2.79. The molecule has 3 rings (SSSR count). The van der Waals surface area contributed by atoms with Gasteiger partial charge in [0.05, 0.1) is 0 Å². The lowest BCUT2D eigenvalue weighted by atomic mass is 9.98. The predicted octanol–water partition coefficient (Wildman–Crippen LogP) is 3.82. The highest BCUT2D eigenvalue weighted by Gasteiger charge is 2.19. The highest BCUT2D eigenvalue weighted by atomic mass is 16.5. The largest absolute Gasteiger partial charge is 0.445 e. The number of ether oxygens (including phenoxy) is 1. The molecule has 0 aliphatic rings. The fraction of sp³-hybridized carbons (Fsp3) is 0.136. The second-order valence-electron chi connectivity index (χ2n) is 6.03. The molecule has 0 saturated carbocycles. The van der Waals surface area contributed by atoms with E-state index in [1.165, 1.54) is 0 Å². The molecule has 0 fully saturated rings. The summed E-state index contributed by atoms with van der Waals surface area (Å²) in [6.07, 6.45) is 0.749. The molecule has 27 heavy (non-hydrogen) atoms. The van der Waals surface area contributed by atoms with E-state index in [0.717, 1.165) is 16.3 Å². The van der Waals surface area contributed by atoms with Crippen LogP contribution in [0, 0.1) is 0 Å². The molecule has 3 aromatic carbocycles. The Morgan fingerprint density at radius 1 is 0.926 bits per heavy atom. The van der Waals surface area contributed by atoms with Gasteiger partial charge in [-0.15, -0.1) is 0 Å². The van der Waals surface area contributed by atoms with Gasteiger partial charge in [0, 0.05) is 12.0 Å². The molecule has 0 aromatic heterocycles. The first-order valence-electron chi connectivity index (χ1n) is 8.53. The molecule has 1 unspecified atom stereocenters. The molecule has 1 N–H and O–H groups in total. The maximum absolute atomic E-state index is 12.6. The van der Waals surface area contributed by atoms with Gasteiger partial charge in [-0.3, -0.25) is 9.59 Å². The van der Waals surface area contributed by atoms with Gasteiger partial charge in [-0.25, -0.2) is 4.79 Å². The third kappa shape index (κ3) is 4.79. The van der Waals surface area contributed by atoms with Crippen molar-refractivity contribution in [3.8, 4) is 0 Å². The second kappa shape index (κ2) is 8.76. The average molecular weight is 360 g/mol. The van der Waals surface area contributed by atoms with Crippen LogP contribution in [-0.2, 0) is 16.1 Å². The number of hydrogen-bond acceptors (Lipinski definition) is 4. The molecule has 0 bridgehead atoms. The lowest BCUT2D eigenvalue weighted by Gasteiger charge is -2.13. The van der Waals surface area contributed by atoms with E-state index in [9.17, 15) is 14.4 Å². The average Bonchev–Trinajstić information content (AvgIpc) is 2.72. The quantitative estimate of drug-likeness (QED) is 0.650. The van der Waals surface area contributed by atoms with E-state index < -0.39 is 12.1 Å². The van der Waals surface area contributed by atoms with Crippen LogP contribution in [0.25, 0.3) is 10.8 Å². The maximum Gasteiger partial charge on any atom is 0.408 e. The zero-order valence-electron chi connectivity index (χ0n) is 14.6. The van der Waals surface area contributed by atoms with E-state index in [1.807, 2.05) is 60.7 Å². The molecule has 0 aliphatic heterocycles. The van der Waals surface area contributed by atoms with Crippen LogP contribution in [0.2, 0.25) is 0 Å². The van der Waals surface area contributed by atoms with Crippen molar-refractivity contribution in [1.82, 2.24) is 5.32 Å². The third-order valence-corrected chi connectivity index (χ3v) is 4.13. The zero-order chi connectivity index (χ0) is 19.1. The first-order chi connectivity index (χ1) is 13.2. The van der Waals surface area contributed by atoms with Crippen LogP contribution in [0.5, 0.6) is 0 Å². The summed E-state index contributed by atoms with van der Waals surface area (Å²) in [7, 11) is 0. The van der Waals surface area contributed by atoms with Gasteiger partial charge in [0.1, 0.15) is 12.6 Å². The molecule has 3 aromatic rings. The summed E-state index contributed by atoms with van der Waals surface area (Å²) in [6, 6.07) is 21.0. The molecule has 135 valence electrons. The Bertz CT molecular complexity index is 947. The molecular weight excluding hydrogens is 342 g/mol. The Morgan fingerprint density at radius 3 is 2.41 bits per heavy atom. The highest BCUT2D eigenvalue weighted by molar-refractivity contribution is 6.09. The van der Waals surface area contributed by atoms with Gasteiger partial charge in [-0.1, -0.05) is 72.8 Å². The number of alkyl carbamates (subject to hydrolysis) is 1. The van der Waals surface area contributed by atoms with Crippen LogP contribution in [0.4, 0.5) is 4.79 Å². The second-order valence-corrected chi connectivity index (χ2v) is 6.03. The summed E-state index contributed by atoms with van der Waals surface area (Å²) >= 11 is 0. The van der Waals surface area contributed by atoms with E-state index in [0.29, 0.717) is 5.56 Å². The molecule has 5 heteroatoms. The summed E-state index contributed by atoms with van der Waals surface area (Å²) in [4.78, 5) is 35.7. The fourth-order valence-corrected chi connectivity index (χ4v) is 2.79. The Kier molecular flexibility index (Phi) is 5.94. The lowest BCUT2D eigenvalue weighted by molar-refractivity contribution is 0.0974. The number of Topliss-reactive ketones (excluding diaryl/α,β-unsaturated/α-hetero) is 1. The van der Waals surface area contributed by atoms with Gasteiger partial charge in [0.2, 0.25) is 6.29 Å². The van der Waals surface area contributed by atoms with Gasteiger partial charge in [0.15, 0.2) is 5.78 Å². The smallest absolute Gasteiger partial charge is 0.408 e. The summed E-state index contributed by atoms with van der Waals surface area (Å²) in [5.41, 5.74) is 1.33. The summed E-state index contributed by atoms with van der Waals surface area (Å²) < 4.78 is 5.08.